The Morgan fingerprint density at radius 3 is 1.63 bits per heavy atom. The van der Waals surface area contributed by atoms with Gasteiger partial charge in [-0.15, -0.1) is 0 Å². The second-order valence-electron chi connectivity index (χ2n) is 8.32. The second kappa shape index (κ2) is 5.28. The largest absolute Gasteiger partial charge is 0.342 e. The Morgan fingerprint density at radius 2 is 1.32 bits per heavy atom. The van der Waals surface area contributed by atoms with E-state index in [1.165, 1.54) is 0 Å². The first-order valence-electron chi connectivity index (χ1n) is 7.10. The molecule has 0 aliphatic carbocycles. The highest BCUT2D eigenvalue weighted by Gasteiger charge is 2.36. The Balaban J connectivity index is 2.72. The predicted octanol–water partition coefficient (Wildman–Crippen LogP) is 4.91. The summed E-state index contributed by atoms with van der Waals surface area (Å²) in [4.78, 5) is 4.42. The van der Waals surface area contributed by atoms with Crippen molar-refractivity contribution in [2.45, 2.75) is 78.2 Å². The van der Waals surface area contributed by atoms with Gasteiger partial charge in [0.05, 0.1) is 0 Å². The Bertz CT molecular complexity index is 314. The maximum absolute atomic E-state index is 3.48. The third-order valence-corrected chi connectivity index (χ3v) is 7.09. The Morgan fingerprint density at radius 1 is 0.842 bits per heavy atom. The molecule has 0 fully saturated rings. The van der Waals surface area contributed by atoms with Gasteiger partial charge in [-0.2, -0.15) is 0 Å². The number of hydrogen-bond donors (Lipinski definition) is 0. The summed E-state index contributed by atoms with van der Waals surface area (Å²) in [6, 6.07) is 0. The zero-order chi connectivity index (χ0) is 15.1. The number of rotatable bonds is 2. The molecule has 0 saturated carbocycles. The average Bonchev–Trinajstić information content (AvgIpc) is 2.57. The molecule has 1 aliphatic rings. The quantitative estimate of drug-likeness (QED) is 0.664. The van der Waals surface area contributed by atoms with Crippen molar-refractivity contribution in [3.05, 3.63) is 19.1 Å². The molecule has 0 amide bonds. The van der Waals surface area contributed by atoms with Crippen LogP contribution in [0, 0.1) is 6.67 Å². The van der Waals surface area contributed by atoms with Gasteiger partial charge >= 0.3 is 0 Å². The molecule has 0 aromatic heterocycles. The van der Waals surface area contributed by atoms with Crippen LogP contribution >= 0.6 is 7.92 Å². The van der Waals surface area contributed by atoms with Crippen LogP contribution < -0.4 is 0 Å². The van der Waals surface area contributed by atoms with Gasteiger partial charge in [0.25, 0.3) is 0 Å². The van der Waals surface area contributed by atoms with Gasteiger partial charge in [-0.1, -0.05) is 49.5 Å². The lowest BCUT2D eigenvalue weighted by Gasteiger charge is -2.43. The fraction of sp³-hybridized carbons (Fsp3) is 0.812. The molecule has 0 unspecified atom stereocenters. The van der Waals surface area contributed by atoms with Crippen molar-refractivity contribution in [3.8, 4) is 0 Å². The van der Waals surface area contributed by atoms with E-state index in [1.54, 1.807) is 0 Å². The van der Waals surface area contributed by atoms with E-state index in [9.17, 15) is 0 Å². The molecule has 0 atom stereocenters. The molecule has 3 heteroatoms. The van der Waals surface area contributed by atoms with Crippen molar-refractivity contribution in [2.75, 3.05) is 6.29 Å². The van der Waals surface area contributed by atoms with Gasteiger partial charge in [-0.3, -0.25) is 0 Å². The highest BCUT2D eigenvalue weighted by Crippen LogP contribution is 2.59. The van der Waals surface area contributed by atoms with Crippen molar-refractivity contribution in [3.63, 3.8) is 0 Å². The van der Waals surface area contributed by atoms with Crippen LogP contribution in [-0.4, -0.2) is 31.9 Å². The third kappa shape index (κ3) is 4.67. The van der Waals surface area contributed by atoms with E-state index in [4.69, 9.17) is 0 Å². The summed E-state index contributed by atoms with van der Waals surface area (Å²) in [5, 5.41) is 0.719. The highest BCUT2D eigenvalue weighted by atomic mass is 31.1. The molecule has 0 aromatic carbocycles. The minimum Gasteiger partial charge on any atom is -0.342 e. The van der Waals surface area contributed by atoms with Crippen molar-refractivity contribution < 1.29 is 0 Å². The van der Waals surface area contributed by atoms with Crippen LogP contribution in [0.4, 0.5) is 0 Å². The number of hydrogen-bond acceptors (Lipinski definition) is 2. The molecule has 0 spiro atoms. The molecule has 1 aliphatic heterocycles. The lowest BCUT2D eigenvalue weighted by Crippen LogP contribution is -2.37. The van der Waals surface area contributed by atoms with E-state index in [1.807, 2.05) is 0 Å². The monoisotopic (exact) mass is 282 g/mol. The molecule has 110 valence electrons. The first kappa shape index (κ1) is 16.8. The normalized spacial score (nSPS) is 17.8. The van der Waals surface area contributed by atoms with Crippen LogP contribution in [-0.2, 0) is 0 Å². The molecule has 2 radical (unpaired) electrons. The lowest BCUT2D eigenvalue weighted by molar-refractivity contribution is 0.224. The lowest BCUT2D eigenvalue weighted by atomic mass is 10.1. The van der Waals surface area contributed by atoms with Gasteiger partial charge in [0.2, 0.25) is 6.67 Å². The second-order valence-corrected chi connectivity index (χ2v) is 12.1. The summed E-state index contributed by atoms with van der Waals surface area (Å²) >= 11 is 0. The van der Waals surface area contributed by atoms with Gasteiger partial charge in [0.15, 0.2) is 0 Å². The minimum absolute atomic E-state index is 0.109. The Kier molecular flexibility index (Phi) is 4.67. The average molecular weight is 282 g/mol. The first-order valence-corrected chi connectivity index (χ1v) is 8.63. The fourth-order valence-electron chi connectivity index (χ4n) is 2.39. The van der Waals surface area contributed by atoms with Gasteiger partial charge in [-0.25, -0.2) is 0 Å². The summed E-state index contributed by atoms with van der Waals surface area (Å²) in [5.74, 6) is 0. The van der Waals surface area contributed by atoms with E-state index in [2.05, 4.69) is 91.2 Å². The molecule has 0 N–H and O–H groups in total. The van der Waals surface area contributed by atoms with Gasteiger partial charge in [0, 0.05) is 24.2 Å². The summed E-state index contributed by atoms with van der Waals surface area (Å²) in [6.07, 6.45) is 5.39. The zero-order valence-corrected chi connectivity index (χ0v) is 15.1. The van der Waals surface area contributed by atoms with Gasteiger partial charge < -0.3 is 9.80 Å². The minimum atomic E-state index is -0.123. The van der Waals surface area contributed by atoms with Crippen molar-refractivity contribution >= 4 is 7.92 Å². The van der Waals surface area contributed by atoms with Gasteiger partial charge in [-0.05, 0) is 31.1 Å². The highest BCUT2D eigenvalue weighted by molar-refractivity contribution is 7.60. The summed E-state index contributed by atoms with van der Waals surface area (Å²) < 4.78 is 0. The molecule has 2 nitrogen and oxygen atoms in total. The maximum atomic E-state index is 3.48. The summed E-state index contributed by atoms with van der Waals surface area (Å²) in [5.41, 5.74) is 0.109. The zero-order valence-electron chi connectivity index (χ0n) is 14.2. The van der Waals surface area contributed by atoms with E-state index in [-0.39, 0.29) is 13.5 Å². The fourth-order valence-corrected chi connectivity index (χ4v) is 5.71. The smallest absolute Gasteiger partial charge is 0.208 e. The van der Waals surface area contributed by atoms with Crippen molar-refractivity contribution in [1.29, 1.82) is 0 Å². The topological polar surface area (TPSA) is 6.48 Å². The van der Waals surface area contributed by atoms with Crippen LogP contribution in [0.1, 0.15) is 62.3 Å². The summed E-state index contributed by atoms with van der Waals surface area (Å²) in [6.45, 7) is 24.3. The van der Waals surface area contributed by atoms with E-state index in [0.717, 1.165) is 6.29 Å². The van der Waals surface area contributed by atoms with Crippen LogP contribution in [0.25, 0.3) is 0 Å². The molecule has 0 saturated heterocycles. The number of nitrogens with zero attached hydrogens (tertiary/aromatic N) is 2. The predicted molar refractivity (Wildman–Crippen MR) is 87.1 cm³/mol. The summed E-state index contributed by atoms with van der Waals surface area (Å²) in [7, 11) is -0.123. The molecule has 0 aromatic rings. The first-order chi connectivity index (χ1) is 8.32. The van der Waals surface area contributed by atoms with Crippen LogP contribution in [0.2, 0.25) is 0 Å². The molecular formula is C16H31N2P. The van der Waals surface area contributed by atoms with Gasteiger partial charge in [0.1, 0.15) is 0 Å². The third-order valence-electron chi connectivity index (χ3n) is 3.27. The van der Waals surface area contributed by atoms with Crippen molar-refractivity contribution in [1.82, 2.24) is 9.80 Å². The molecule has 19 heavy (non-hydrogen) atoms. The Hall–Kier alpha value is -0.230. The van der Waals surface area contributed by atoms with E-state index < -0.39 is 0 Å². The van der Waals surface area contributed by atoms with Crippen LogP contribution in [0.15, 0.2) is 12.4 Å². The van der Waals surface area contributed by atoms with Crippen LogP contribution in [0.3, 0.4) is 0 Å². The molecule has 0 bridgehead atoms. The molecule has 1 rings (SSSR count). The standard InChI is InChI=1S/C16H31N2P/c1-14(2,3)18-11-10-17(12-18)13-19(15(4,5)6)16(7,8)9/h10-11H,13H2,1-9H3. The van der Waals surface area contributed by atoms with Crippen LogP contribution in [0.5, 0.6) is 0 Å². The van der Waals surface area contributed by atoms with E-state index in [0.29, 0.717) is 10.3 Å². The molecule has 1 heterocycles. The van der Waals surface area contributed by atoms with E-state index >= 15 is 0 Å². The Labute approximate surface area is 122 Å². The SMILES string of the molecule is CC(C)(C)N1[C]N(CP(C(C)(C)C)C(C)(C)C)C=C1. The molecular weight excluding hydrogens is 251 g/mol. The maximum Gasteiger partial charge on any atom is 0.208 e. The van der Waals surface area contributed by atoms with Crippen molar-refractivity contribution in [2.24, 2.45) is 0 Å².